The van der Waals surface area contributed by atoms with Crippen molar-refractivity contribution in [3.8, 4) is 5.75 Å². The molecule has 0 bridgehead atoms. The predicted octanol–water partition coefficient (Wildman–Crippen LogP) is 3.17. The summed E-state index contributed by atoms with van der Waals surface area (Å²) in [6.45, 7) is 6.51. The number of pyridine rings is 1. The normalized spacial score (nSPS) is 11.8. The second-order valence-electron chi connectivity index (χ2n) is 5.33. The summed E-state index contributed by atoms with van der Waals surface area (Å²) in [5.41, 5.74) is 3.39. The molecule has 0 unspecified atom stereocenters. The van der Waals surface area contributed by atoms with Crippen LogP contribution in [0.3, 0.4) is 0 Å². The summed E-state index contributed by atoms with van der Waals surface area (Å²) in [6, 6.07) is 9.64. The van der Waals surface area contributed by atoms with Crippen molar-refractivity contribution in [2.75, 3.05) is 0 Å². The molecule has 0 radical (unpaired) electrons. The maximum absolute atomic E-state index is 12.3. The van der Waals surface area contributed by atoms with E-state index in [1.54, 1.807) is 12.4 Å². The molecule has 1 N–H and O–H groups in total. The van der Waals surface area contributed by atoms with Crippen molar-refractivity contribution < 1.29 is 9.53 Å². The molecule has 0 saturated heterocycles. The lowest BCUT2D eigenvalue weighted by molar-refractivity contribution is -0.128. The molecule has 0 fully saturated rings. The Balaban J connectivity index is 1.95. The quantitative estimate of drug-likeness (QED) is 0.891. The molecule has 0 aliphatic heterocycles. The lowest BCUT2D eigenvalue weighted by Crippen LogP contribution is -2.37. The lowest BCUT2D eigenvalue weighted by Gasteiger charge is -2.18. The van der Waals surface area contributed by atoms with Crippen LogP contribution in [-0.4, -0.2) is 17.0 Å². The summed E-state index contributed by atoms with van der Waals surface area (Å²) >= 11 is 0. The Kier molecular flexibility index (Phi) is 5.53. The minimum atomic E-state index is -0.482. The fourth-order valence-electron chi connectivity index (χ4n) is 2.08. The van der Waals surface area contributed by atoms with Crippen LogP contribution >= 0.6 is 0 Å². The van der Waals surface area contributed by atoms with Gasteiger partial charge >= 0.3 is 0 Å². The van der Waals surface area contributed by atoms with Crippen molar-refractivity contribution in [1.82, 2.24) is 10.3 Å². The van der Waals surface area contributed by atoms with Gasteiger partial charge in [0.05, 0.1) is 0 Å². The largest absolute Gasteiger partial charge is 0.481 e. The highest BCUT2D eigenvalue weighted by atomic mass is 16.5. The monoisotopic (exact) mass is 298 g/mol. The van der Waals surface area contributed by atoms with Crippen LogP contribution in [0.25, 0.3) is 0 Å². The first-order valence-electron chi connectivity index (χ1n) is 7.50. The highest BCUT2D eigenvalue weighted by Gasteiger charge is 2.18. The number of amides is 1. The molecular formula is C18H22N2O2. The van der Waals surface area contributed by atoms with Gasteiger partial charge < -0.3 is 10.1 Å². The van der Waals surface area contributed by atoms with Crippen LogP contribution in [0.1, 0.15) is 30.0 Å². The summed E-state index contributed by atoms with van der Waals surface area (Å²) in [5, 5.41) is 2.90. The third-order valence-corrected chi connectivity index (χ3v) is 3.64. The summed E-state index contributed by atoms with van der Waals surface area (Å²) in [7, 11) is 0. The van der Waals surface area contributed by atoms with Gasteiger partial charge in [-0.3, -0.25) is 9.78 Å². The van der Waals surface area contributed by atoms with Crippen molar-refractivity contribution in [3.63, 3.8) is 0 Å². The van der Waals surface area contributed by atoms with E-state index in [2.05, 4.69) is 17.2 Å². The van der Waals surface area contributed by atoms with Gasteiger partial charge in [-0.2, -0.15) is 0 Å². The lowest BCUT2D eigenvalue weighted by atomic mass is 10.1. The second kappa shape index (κ2) is 7.59. The number of ether oxygens (including phenoxy) is 1. The van der Waals surface area contributed by atoms with Crippen LogP contribution in [0.15, 0.2) is 42.7 Å². The van der Waals surface area contributed by atoms with Crippen molar-refractivity contribution >= 4 is 5.91 Å². The Hall–Kier alpha value is -2.36. The Labute approximate surface area is 131 Å². The number of hydrogen-bond acceptors (Lipinski definition) is 3. The van der Waals surface area contributed by atoms with E-state index in [1.807, 2.05) is 44.2 Å². The van der Waals surface area contributed by atoms with E-state index in [0.29, 0.717) is 13.0 Å². The van der Waals surface area contributed by atoms with Crippen molar-refractivity contribution in [1.29, 1.82) is 0 Å². The van der Waals surface area contributed by atoms with Gasteiger partial charge in [0.25, 0.3) is 5.91 Å². The zero-order chi connectivity index (χ0) is 15.9. The first-order valence-corrected chi connectivity index (χ1v) is 7.50. The number of nitrogens with zero attached hydrogens (tertiary/aromatic N) is 1. The maximum Gasteiger partial charge on any atom is 0.261 e. The molecule has 1 aromatic heterocycles. The number of carbonyl (C=O) groups is 1. The Morgan fingerprint density at radius 1 is 1.18 bits per heavy atom. The molecule has 1 atom stereocenters. The topological polar surface area (TPSA) is 51.2 Å². The highest BCUT2D eigenvalue weighted by molar-refractivity contribution is 5.81. The molecule has 22 heavy (non-hydrogen) atoms. The van der Waals surface area contributed by atoms with Gasteiger partial charge in [-0.05, 0) is 61.2 Å². The molecule has 1 heterocycles. The van der Waals surface area contributed by atoms with Gasteiger partial charge in [0.15, 0.2) is 6.10 Å². The number of hydrogen-bond donors (Lipinski definition) is 1. The molecule has 116 valence electrons. The van der Waals surface area contributed by atoms with Gasteiger partial charge in [-0.15, -0.1) is 0 Å². The highest BCUT2D eigenvalue weighted by Crippen LogP contribution is 2.18. The molecule has 0 aliphatic rings. The summed E-state index contributed by atoms with van der Waals surface area (Å²) < 4.78 is 5.83. The third kappa shape index (κ3) is 4.32. The molecule has 0 saturated carbocycles. The van der Waals surface area contributed by atoms with Crippen LogP contribution in [0.2, 0.25) is 0 Å². The maximum atomic E-state index is 12.3. The second-order valence-corrected chi connectivity index (χ2v) is 5.33. The van der Waals surface area contributed by atoms with Crippen LogP contribution in [0.4, 0.5) is 0 Å². The van der Waals surface area contributed by atoms with Gasteiger partial charge in [-0.1, -0.05) is 13.0 Å². The van der Waals surface area contributed by atoms with Gasteiger partial charge in [-0.25, -0.2) is 0 Å². The fraction of sp³-hybridized carbons (Fsp3) is 0.333. The van der Waals surface area contributed by atoms with E-state index in [1.165, 1.54) is 5.56 Å². The first kappa shape index (κ1) is 16.0. The van der Waals surface area contributed by atoms with Gasteiger partial charge in [0.2, 0.25) is 0 Å². The number of aromatic nitrogens is 1. The van der Waals surface area contributed by atoms with Crippen molar-refractivity contribution in [3.05, 3.63) is 59.4 Å². The molecule has 2 aromatic rings. The average molecular weight is 298 g/mol. The average Bonchev–Trinajstić information content (AvgIpc) is 2.54. The Bertz CT molecular complexity index is 626. The van der Waals surface area contributed by atoms with E-state index in [-0.39, 0.29) is 5.91 Å². The molecule has 1 aromatic carbocycles. The molecule has 0 aliphatic carbocycles. The van der Waals surface area contributed by atoms with Crippen LogP contribution in [-0.2, 0) is 11.3 Å². The van der Waals surface area contributed by atoms with Gasteiger partial charge in [0, 0.05) is 18.9 Å². The van der Waals surface area contributed by atoms with E-state index in [9.17, 15) is 4.79 Å². The molecule has 2 rings (SSSR count). The molecule has 1 amide bonds. The summed E-state index contributed by atoms with van der Waals surface area (Å²) in [4.78, 5) is 16.2. The van der Waals surface area contributed by atoms with Crippen LogP contribution < -0.4 is 10.1 Å². The van der Waals surface area contributed by atoms with Crippen LogP contribution in [0.5, 0.6) is 5.75 Å². The molecule has 0 spiro atoms. The van der Waals surface area contributed by atoms with Crippen molar-refractivity contribution in [2.45, 2.75) is 39.8 Å². The number of nitrogens with one attached hydrogen (secondary N) is 1. The SMILES string of the molecule is CC[C@H](Oc1ccc(C)c(C)c1)C(=O)NCc1ccncc1. The standard InChI is InChI=1S/C18H22N2O2/c1-4-17(22-16-6-5-13(2)14(3)11-16)18(21)20-12-15-7-9-19-10-8-15/h5-11,17H,4,12H2,1-3H3,(H,20,21)/t17-/m0/s1. The third-order valence-electron chi connectivity index (χ3n) is 3.64. The van der Waals surface area contributed by atoms with Crippen molar-refractivity contribution in [2.24, 2.45) is 0 Å². The fourth-order valence-corrected chi connectivity index (χ4v) is 2.08. The predicted molar refractivity (Wildman–Crippen MR) is 86.7 cm³/mol. The summed E-state index contributed by atoms with van der Waals surface area (Å²) in [5.74, 6) is 0.631. The van der Waals surface area contributed by atoms with Gasteiger partial charge in [0.1, 0.15) is 5.75 Å². The number of carbonyl (C=O) groups excluding carboxylic acids is 1. The number of benzene rings is 1. The molecule has 4 heteroatoms. The van der Waals surface area contributed by atoms with E-state index in [0.717, 1.165) is 16.9 Å². The zero-order valence-corrected chi connectivity index (χ0v) is 13.3. The first-order chi connectivity index (χ1) is 10.6. The van der Waals surface area contributed by atoms with E-state index < -0.39 is 6.10 Å². The minimum Gasteiger partial charge on any atom is -0.481 e. The van der Waals surface area contributed by atoms with E-state index in [4.69, 9.17) is 4.74 Å². The number of aryl methyl sites for hydroxylation is 2. The minimum absolute atomic E-state index is 0.0995. The Morgan fingerprint density at radius 3 is 2.55 bits per heavy atom. The molecule has 4 nitrogen and oxygen atoms in total. The summed E-state index contributed by atoms with van der Waals surface area (Å²) in [6.07, 6.45) is 3.56. The Morgan fingerprint density at radius 2 is 1.91 bits per heavy atom. The van der Waals surface area contributed by atoms with Crippen LogP contribution in [0, 0.1) is 13.8 Å². The molecular weight excluding hydrogens is 276 g/mol. The number of rotatable bonds is 6. The smallest absolute Gasteiger partial charge is 0.261 e. The van der Waals surface area contributed by atoms with E-state index >= 15 is 0 Å². The zero-order valence-electron chi connectivity index (χ0n) is 13.3.